The highest BCUT2D eigenvalue weighted by molar-refractivity contribution is 6.13. The summed E-state index contributed by atoms with van der Waals surface area (Å²) in [5.74, 6) is -4.57. The molecule has 0 saturated carbocycles. The summed E-state index contributed by atoms with van der Waals surface area (Å²) in [6.07, 6.45) is 0. The van der Waals surface area contributed by atoms with Crippen molar-refractivity contribution >= 4 is 17.9 Å². The number of esters is 3. The van der Waals surface area contributed by atoms with Crippen LogP contribution in [0.5, 0.6) is 17.2 Å². The molecular formula is C25H22O6. The van der Waals surface area contributed by atoms with Crippen LogP contribution in [0.3, 0.4) is 0 Å². The van der Waals surface area contributed by atoms with E-state index in [0.717, 1.165) is 16.7 Å². The maximum absolute atomic E-state index is 12.7. The first-order valence-electron chi connectivity index (χ1n) is 9.67. The van der Waals surface area contributed by atoms with Gasteiger partial charge in [0.1, 0.15) is 17.2 Å². The van der Waals surface area contributed by atoms with Crippen molar-refractivity contribution < 1.29 is 28.6 Å². The van der Waals surface area contributed by atoms with Gasteiger partial charge in [-0.3, -0.25) is 14.4 Å². The maximum Gasteiger partial charge on any atom is 0.337 e. The fourth-order valence-electron chi connectivity index (χ4n) is 2.63. The van der Waals surface area contributed by atoms with Crippen molar-refractivity contribution in [2.45, 2.75) is 20.8 Å². The van der Waals surface area contributed by atoms with E-state index < -0.39 is 23.8 Å². The predicted molar refractivity (Wildman–Crippen MR) is 114 cm³/mol. The van der Waals surface area contributed by atoms with Crippen molar-refractivity contribution in [3.8, 4) is 17.2 Å². The number of hydrogen-bond donors (Lipinski definition) is 0. The van der Waals surface area contributed by atoms with Crippen molar-refractivity contribution in [3.05, 3.63) is 89.5 Å². The Morgan fingerprint density at radius 1 is 0.484 bits per heavy atom. The lowest BCUT2D eigenvalue weighted by Crippen LogP contribution is -2.40. The summed E-state index contributed by atoms with van der Waals surface area (Å²) in [5, 5.41) is 0. The minimum atomic E-state index is -1.91. The smallest absolute Gasteiger partial charge is 0.337 e. The van der Waals surface area contributed by atoms with Crippen LogP contribution in [0.4, 0.5) is 0 Å². The summed E-state index contributed by atoms with van der Waals surface area (Å²) in [6, 6.07) is 19.9. The quantitative estimate of drug-likeness (QED) is 0.337. The summed E-state index contributed by atoms with van der Waals surface area (Å²) in [7, 11) is 0. The van der Waals surface area contributed by atoms with Gasteiger partial charge in [-0.05, 0) is 57.2 Å². The summed E-state index contributed by atoms with van der Waals surface area (Å²) in [4.78, 5) is 38.2. The highest BCUT2D eigenvalue weighted by atomic mass is 16.6. The molecule has 3 aromatic rings. The van der Waals surface area contributed by atoms with Gasteiger partial charge in [-0.1, -0.05) is 53.1 Å². The van der Waals surface area contributed by atoms with Crippen molar-refractivity contribution in [3.63, 3.8) is 0 Å². The summed E-state index contributed by atoms with van der Waals surface area (Å²) in [5.41, 5.74) is 2.90. The number of hydrogen-bond acceptors (Lipinski definition) is 6. The van der Waals surface area contributed by atoms with Gasteiger partial charge in [0.05, 0.1) is 0 Å². The first-order chi connectivity index (χ1) is 14.8. The van der Waals surface area contributed by atoms with Gasteiger partial charge in [-0.25, -0.2) is 0 Å². The van der Waals surface area contributed by atoms with Gasteiger partial charge >= 0.3 is 17.9 Å². The van der Waals surface area contributed by atoms with E-state index in [1.165, 1.54) is 0 Å². The van der Waals surface area contributed by atoms with E-state index in [1.54, 1.807) is 72.8 Å². The first kappa shape index (κ1) is 21.8. The minimum absolute atomic E-state index is 0.201. The average Bonchev–Trinajstić information content (AvgIpc) is 2.73. The van der Waals surface area contributed by atoms with Gasteiger partial charge in [0.2, 0.25) is 0 Å². The lowest BCUT2D eigenvalue weighted by Gasteiger charge is -2.15. The molecule has 0 amide bonds. The fourth-order valence-corrected chi connectivity index (χ4v) is 2.63. The monoisotopic (exact) mass is 418 g/mol. The second-order valence-corrected chi connectivity index (χ2v) is 7.14. The number of ether oxygens (including phenoxy) is 3. The number of carbonyl (C=O) groups excluding carboxylic acids is 3. The summed E-state index contributed by atoms with van der Waals surface area (Å²) < 4.78 is 15.7. The molecule has 0 aliphatic heterocycles. The van der Waals surface area contributed by atoms with Crippen LogP contribution in [0.2, 0.25) is 0 Å². The van der Waals surface area contributed by atoms with E-state index in [4.69, 9.17) is 14.2 Å². The van der Waals surface area contributed by atoms with Crippen molar-refractivity contribution in [2.75, 3.05) is 0 Å². The van der Waals surface area contributed by atoms with Crippen LogP contribution in [0.1, 0.15) is 16.7 Å². The average molecular weight is 418 g/mol. The molecular weight excluding hydrogens is 396 g/mol. The molecule has 0 N–H and O–H groups in total. The van der Waals surface area contributed by atoms with Crippen LogP contribution in [0.15, 0.2) is 72.8 Å². The van der Waals surface area contributed by atoms with E-state index in [9.17, 15) is 14.4 Å². The van der Waals surface area contributed by atoms with Crippen LogP contribution in [-0.2, 0) is 14.4 Å². The van der Waals surface area contributed by atoms with E-state index in [0.29, 0.717) is 0 Å². The Hall–Kier alpha value is -3.93. The predicted octanol–water partition coefficient (Wildman–Crippen LogP) is 4.34. The molecule has 158 valence electrons. The van der Waals surface area contributed by atoms with Gasteiger partial charge in [-0.2, -0.15) is 0 Å². The molecule has 3 rings (SSSR count). The largest absolute Gasteiger partial charge is 0.425 e. The van der Waals surface area contributed by atoms with Crippen molar-refractivity contribution in [1.82, 2.24) is 0 Å². The molecule has 0 bridgehead atoms. The van der Waals surface area contributed by atoms with E-state index in [2.05, 4.69) is 0 Å². The molecule has 0 unspecified atom stereocenters. The molecule has 0 spiro atoms. The normalized spacial score (nSPS) is 10.5. The zero-order chi connectivity index (χ0) is 22.4. The van der Waals surface area contributed by atoms with E-state index >= 15 is 0 Å². The Balaban J connectivity index is 1.82. The minimum Gasteiger partial charge on any atom is -0.425 e. The summed E-state index contributed by atoms with van der Waals surface area (Å²) >= 11 is 0. The molecule has 0 fully saturated rings. The second-order valence-electron chi connectivity index (χ2n) is 7.14. The third-order valence-corrected chi connectivity index (χ3v) is 4.43. The SMILES string of the molecule is Cc1ccc(OC(=O)C(C(=O)Oc2ccc(C)cc2)C(=O)Oc2ccc(C)cc2)cc1. The van der Waals surface area contributed by atoms with Gasteiger partial charge < -0.3 is 14.2 Å². The van der Waals surface area contributed by atoms with Crippen molar-refractivity contribution in [1.29, 1.82) is 0 Å². The van der Waals surface area contributed by atoms with Crippen LogP contribution in [0, 0.1) is 26.7 Å². The molecule has 0 aliphatic rings. The van der Waals surface area contributed by atoms with Crippen LogP contribution in [-0.4, -0.2) is 17.9 Å². The maximum atomic E-state index is 12.7. The van der Waals surface area contributed by atoms with Crippen LogP contribution >= 0.6 is 0 Å². The number of aryl methyl sites for hydroxylation is 3. The van der Waals surface area contributed by atoms with Gasteiger partial charge in [0.15, 0.2) is 0 Å². The van der Waals surface area contributed by atoms with Crippen LogP contribution in [0.25, 0.3) is 0 Å². The molecule has 0 radical (unpaired) electrons. The lowest BCUT2D eigenvalue weighted by molar-refractivity contribution is -0.160. The Morgan fingerprint density at radius 2 is 0.710 bits per heavy atom. The molecule has 0 atom stereocenters. The molecule has 6 nitrogen and oxygen atoms in total. The fraction of sp³-hybridized carbons (Fsp3) is 0.160. The molecule has 3 aromatic carbocycles. The van der Waals surface area contributed by atoms with Crippen molar-refractivity contribution in [2.24, 2.45) is 5.92 Å². The lowest BCUT2D eigenvalue weighted by atomic mass is 10.1. The highest BCUT2D eigenvalue weighted by Gasteiger charge is 2.40. The topological polar surface area (TPSA) is 78.9 Å². The zero-order valence-electron chi connectivity index (χ0n) is 17.5. The molecule has 31 heavy (non-hydrogen) atoms. The number of benzene rings is 3. The zero-order valence-corrected chi connectivity index (χ0v) is 17.5. The third kappa shape index (κ3) is 6.02. The summed E-state index contributed by atoms with van der Waals surface area (Å²) in [6.45, 7) is 5.64. The van der Waals surface area contributed by atoms with E-state index in [-0.39, 0.29) is 17.2 Å². The Bertz CT molecular complexity index is 925. The molecule has 0 saturated heterocycles. The van der Waals surface area contributed by atoms with Gasteiger partial charge in [0.25, 0.3) is 5.92 Å². The molecule has 0 aromatic heterocycles. The Labute approximate surface area is 180 Å². The Morgan fingerprint density at radius 3 is 0.935 bits per heavy atom. The highest BCUT2D eigenvalue weighted by Crippen LogP contribution is 2.20. The second kappa shape index (κ2) is 9.71. The molecule has 0 heterocycles. The van der Waals surface area contributed by atoms with Gasteiger partial charge in [0, 0.05) is 0 Å². The third-order valence-electron chi connectivity index (χ3n) is 4.43. The number of carbonyl (C=O) groups is 3. The molecule has 6 heteroatoms. The standard InChI is InChI=1S/C25H22O6/c1-16-4-10-19(11-5-16)29-23(26)22(24(27)30-20-12-6-17(2)7-13-20)25(28)31-21-14-8-18(3)9-15-21/h4-15,22H,1-3H3. The first-order valence-corrected chi connectivity index (χ1v) is 9.67. The van der Waals surface area contributed by atoms with Crippen LogP contribution < -0.4 is 14.2 Å². The van der Waals surface area contributed by atoms with Gasteiger partial charge in [-0.15, -0.1) is 0 Å². The number of rotatable bonds is 6. The molecule has 0 aliphatic carbocycles. The van der Waals surface area contributed by atoms with E-state index in [1.807, 2.05) is 20.8 Å². The Kier molecular flexibility index (Phi) is 6.82.